The first kappa shape index (κ1) is 13.7. The number of aromatic nitrogens is 1. The number of anilines is 1. The molecule has 0 fully saturated rings. The van der Waals surface area contributed by atoms with E-state index >= 15 is 0 Å². The van der Waals surface area contributed by atoms with Gasteiger partial charge < -0.3 is 19.8 Å². The molecule has 20 heavy (non-hydrogen) atoms. The second kappa shape index (κ2) is 5.52. The van der Waals surface area contributed by atoms with E-state index in [-0.39, 0.29) is 28.6 Å². The molecule has 0 saturated heterocycles. The van der Waals surface area contributed by atoms with Crippen LogP contribution in [-0.2, 0) is 9.53 Å². The van der Waals surface area contributed by atoms with Crippen molar-refractivity contribution in [2.75, 3.05) is 19.0 Å². The minimum absolute atomic E-state index is 0.0281. The van der Waals surface area contributed by atoms with E-state index in [0.29, 0.717) is 6.29 Å². The van der Waals surface area contributed by atoms with E-state index in [0.717, 1.165) is 6.07 Å². The molecule has 0 atom stereocenters. The molecular formula is C13H11FN2O4. The first-order valence-electron chi connectivity index (χ1n) is 5.69. The predicted octanol–water partition coefficient (Wildman–Crippen LogP) is 1.06. The molecule has 0 amide bonds. The van der Waals surface area contributed by atoms with Gasteiger partial charge in [-0.05, 0) is 12.1 Å². The Bertz CT molecular complexity index is 739. The number of aldehydes is 1. The third-order valence-corrected chi connectivity index (χ3v) is 2.77. The topological polar surface area (TPSA) is 88.3 Å². The smallest absolute Gasteiger partial charge is 0.339 e. The molecule has 0 aliphatic heterocycles. The molecule has 0 unspecified atom stereocenters. The Labute approximate surface area is 112 Å². The van der Waals surface area contributed by atoms with Gasteiger partial charge in [-0.2, -0.15) is 0 Å². The second-order valence-corrected chi connectivity index (χ2v) is 3.95. The lowest BCUT2D eigenvalue weighted by Gasteiger charge is -2.09. The molecule has 6 nitrogen and oxygen atoms in total. The lowest BCUT2D eigenvalue weighted by atomic mass is 10.1. The highest BCUT2D eigenvalue weighted by atomic mass is 19.1. The third kappa shape index (κ3) is 2.37. The zero-order valence-electron chi connectivity index (χ0n) is 10.5. The number of carbonyl (C=O) groups is 2. The van der Waals surface area contributed by atoms with Gasteiger partial charge in [0.05, 0.1) is 30.3 Å². The summed E-state index contributed by atoms with van der Waals surface area (Å²) in [6.45, 7) is -0.0842. The van der Waals surface area contributed by atoms with Crippen LogP contribution < -0.4 is 10.9 Å². The average molecular weight is 278 g/mol. The molecule has 2 aromatic rings. The first-order valence-corrected chi connectivity index (χ1v) is 5.69. The predicted molar refractivity (Wildman–Crippen MR) is 70.4 cm³/mol. The monoisotopic (exact) mass is 278 g/mol. The maximum absolute atomic E-state index is 13.8. The molecule has 1 aromatic heterocycles. The van der Waals surface area contributed by atoms with Gasteiger partial charge in [0.25, 0.3) is 5.56 Å². The molecule has 2 rings (SSSR count). The molecule has 0 bridgehead atoms. The number of nitrogens with one attached hydrogen (secondary N) is 2. The van der Waals surface area contributed by atoms with E-state index in [2.05, 4.69) is 15.0 Å². The van der Waals surface area contributed by atoms with Crippen molar-refractivity contribution in [3.8, 4) is 0 Å². The summed E-state index contributed by atoms with van der Waals surface area (Å²) in [5.74, 6) is -1.34. The highest BCUT2D eigenvalue weighted by Crippen LogP contribution is 2.23. The number of carbonyl (C=O) groups excluding carboxylic acids is 2. The van der Waals surface area contributed by atoms with Crippen molar-refractivity contribution in [2.24, 2.45) is 0 Å². The fourth-order valence-electron chi connectivity index (χ4n) is 1.84. The van der Waals surface area contributed by atoms with Crippen LogP contribution >= 0.6 is 0 Å². The number of rotatable bonds is 4. The maximum Gasteiger partial charge on any atom is 0.339 e. The van der Waals surface area contributed by atoms with Gasteiger partial charge in [0.15, 0.2) is 0 Å². The molecule has 0 saturated carbocycles. The van der Waals surface area contributed by atoms with Crippen LogP contribution in [0.25, 0.3) is 10.8 Å². The Balaban J connectivity index is 2.71. The number of esters is 1. The summed E-state index contributed by atoms with van der Waals surface area (Å²) < 4.78 is 18.4. The van der Waals surface area contributed by atoms with Crippen molar-refractivity contribution in [3.63, 3.8) is 0 Å². The van der Waals surface area contributed by atoms with E-state index in [1.165, 1.54) is 19.4 Å². The maximum atomic E-state index is 13.8. The molecule has 0 aliphatic carbocycles. The van der Waals surface area contributed by atoms with Gasteiger partial charge in [-0.15, -0.1) is 0 Å². The molecule has 104 valence electrons. The van der Waals surface area contributed by atoms with Crippen molar-refractivity contribution < 1.29 is 18.7 Å². The molecule has 0 spiro atoms. The SMILES string of the molecule is COC(=O)c1c[nH]c(=O)c2cc(F)c(NCC=O)cc12. The van der Waals surface area contributed by atoms with Crippen molar-refractivity contribution >= 4 is 28.7 Å². The summed E-state index contributed by atoms with van der Waals surface area (Å²) in [6.07, 6.45) is 1.78. The number of hydrogen-bond acceptors (Lipinski definition) is 5. The lowest BCUT2D eigenvalue weighted by Crippen LogP contribution is -2.13. The molecule has 0 radical (unpaired) electrons. The largest absolute Gasteiger partial charge is 0.465 e. The van der Waals surface area contributed by atoms with Gasteiger partial charge in [0, 0.05) is 11.6 Å². The number of pyridine rings is 1. The fourth-order valence-corrected chi connectivity index (χ4v) is 1.84. The Morgan fingerprint density at radius 1 is 1.45 bits per heavy atom. The van der Waals surface area contributed by atoms with E-state index in [4.69, 9.17) is 0 Å². The normalized spacial score (nSPS) is 10.3. The average Bonchev–Trinajstić information content (AvgIpc) is 2.45. The Morgan fingerprint density at radius 3 is 2.85 bits per heavy atom. The minimum atomic E-state index is -0.688. The van der Waals surface area contributed by atoms with Crippen LogP contribution in [0.3, 0.4) is 0 Å². The third-order valence-electron chi connectivity index (χ3n) is 2.77. The summed E-state index contributed by atoms with van der Waals surface area (Å²) in [5.41, 5.74) is -0.384. The van der Waals surface area contributed by atoms with Crippen LogP contribution in [0, 0.1) is 5.82 Å². The van der Waals surface area contributed by atoms with Crippen molar-refractivity contribution in [1.82, 2.24) is 4.98 Å². The van der Waals surface area contributed by atoms with Crippen LogP contribution in [0.1, 0.15) is 10.4 Å². The minimum Gasteiger partial charge on any atom is -0.465 e. The molecular weight excluding hydrogens is 267 g/mol. The number of aromatic amines is 1. The fraction of sp³-hybridized carbons (Fsp3) is 0.154. The van der Waals surface area contributed by atoms with Gasteiger partial charge in [0.1, 0.15) is 12.1 Å². The van der Waals surface area contributed by atoms with E-state index in [1.54, 1.807) is 0 Å². The first-order chi connectivity index (χ1) is 9.58. The summed E-state index contributed by atoms with van der Waals surface area (Å²) in [4.78, 5) is 36.0. The molecule has 1 heterocycles. The highest BCUT2D eigenvalue weighted by molar-refractivity contribution is 6.04. The highest BCUT2D eigenvalue weighted by Gasteiger charge is 2.15. The second-order valence-electron chi connectivity index (χ2n) is 3.95. The zero-order valence-corrected chi connectivity index (χ0v) is 10.5. The quantitative estimate of drug-likeness (QED) is 0.645. The van der Waals surface area contributed by atoms with E-state index in [9.17, 15) is 18.8 Å². The lowest BCUT2D eigenvalue weighted by molar-refractivity contribution is -0.106. The van der Waals surface area contributed by atoms with Crippen LogP contribution in [0.5, 0.6) is 0 Å². The van der Waals surface area contributed by atoms with Crippen molar-refractivity contribution in [1.29, 1.82) is 0 Å². The number of benzene rings is 1. The Kier molecular flexibility index (Phi) is 3.79. The van der Waals surface area contributed by atoms with Crippen LogP contribution in [0.4, 0.5) is 10.1 Å². The Morgan fingerprint density at radius 2 is 2.20 bits per heavy atom. The van der Waals surface area contributed by atoms with Crippen LogP contribution in [0.15, 0.2) is 23.1 Å². The summed E-state index contributed by atoms with van der Waals surface area (Å²) in [6, 6.07) is 2.31. The van der Waals surface area contributed by atoms with Crippen molar-refractivity contribution in [2.45, 2.75) is 0 Å². The summed E-state index contributed by atoms with van der Waals surface area (Å²) in [7, 11) is 1.20. The van der Waals surface area contributed by atoms with Gasteiger partial charge >= 0.3 is 5.97 Å². The Hall–Kier alpha value is -2.70. The van der Waals surface area contributed by atoms with Crippen molar-refractivity contribution in [3.05, 3.63) is 40.1 Å². The zero-order chi connectivity index (χ0) is 14.7. The van der Waals surface area contributed by atoms with Gasteiger partial charge in [0.2, 0.25) is 0 Å². The number of hydrogen-bond donors (Lipinski definition) is 2. The number of fused-ring (bicyclic) bond motifs is 1. The molecule has 7 heteroatoms. The van der Waals surface area contributed by atoms with E-state index in [1.807, 2.05) is 0 Å². The number of methoxy groups -OCH3 is 1. The van der Waals surface area contributed by atoms with Crippen LogP contribution in [-0.4, -0.2) is 30.9 Å². The van der Waals surface area contributed by atoms with Gasteiger partial charge in [-0.25, -0.2) is 9.18 Å². The standard InChI is InChI=1S/C13H11FN2O4/c1-20-13(19)9-6-16-12(18)8-4-10(14)11(5-7(8)9)15-2-3-17/h3-6,15H,2H2,1H3,(H,16,18). The van der Waals surface area contributed by atoms with Crippen LogP contribution in [0.2, 0.25) is 0 Å². The molecule has 1 aromatic carbocycles. The number of H-pyrrole nitrogens is 1. The molecule has 2 N–H and O–H groups in total. The van der Waals surface area contributed by atoms with Gasteiger partial charge in [-0.1, -0.05) is 0 Å². The number of ether oxygens (including phenoxy) is 1. The summed E-state index contributed by atoms with van der Waals surface area (Å²) >= 11 is 0. The molecule has 0 aliphatic rings. The van der Waals surface area contributed by atoms with Gasteiger partial charge in [-0.3, -0.25) is 4.79 Å². The summed E-state index contributed by atoms with van der Waals surface area (Å²) in [5, 5.41) is 2.83. The number of halogens is 1. The van der Waals surface area contributed by atoms with E-state index < -0.39 is 17.3 Å².